The number of nitrogens with zero attached hydrogens (tertiary/aromatic N) is 2. The number of hydrogen-bond donors (Lipinski definition) is 2. The molecule has 0 spiro atoms. The van der Waals surface area contributed by atoms with Crippen molar-refractivity contribution in [2.24, 2.45) is 0 Å². The SMILES string of the molecule is CCC[NH+]1CCC(NC(=O)CCc2nc(-c3ccccc3)no2)CC1. The van der Waals surface area contributed by atoms with Gasteiger partial charge in [0.1, 0.15) is 0 Å². The fourth-order valence-electron chi connectivity index (χ4n) is 3.36. The van der Waals surface area contributed by atoms with Crippen LogP contribution in [0.25, 0.3) is 11.4 Å². The normalized spacial score (nSPS) is 20.4. The Balaban J connectivity index is 1.42. The number of aryl methyl sites for hydroxylation is 1. The van der Waals surface area contributed by atoms with E-state index in [0.29, 0.717) is 30.6 Å². The maximum Gasteiger partial charge on any atom is 0.227 e. The minimum atomic E-state index is 0.0726. The number of amides is 1. The van der Waals surface area contributed by atoms with E-state index in [1.807, 2.05) is 30.3 Å². The van der Waals surface area contributed by atoms with Crippen LogP contribution in [-0.4, -0.2) is 41.7 Å². The first kappa shape index (κ1) is 17.6. The van der Waals surface area contributed by atoms with Gasteiger partial charge in [0.25, 0.3) is 0 Å². The number of carbonyl (C=O) groups excluding carboxylic acids is 1. The zero-order chi connectivity index (χ0) is 17.5. The third-order valence-corrected chi connectivity index (χ3v) is 4.73. The quantitative estimate of drug-likeness (QED) is 0.793. The van der Waals surface area contributed by atoms with Gasteiger partial charge in [0.05, 0.1) is 19.6 Å². The summed E-state index contributed by atoms with van der Waals surface area (Å²) in [7, 11) is 0. The van der Waals surface area contributed by atoms with Crippen molar-refractivity contribution in [3.8, 4) is 11.4 Å². The van der Waals surface area contributed by atoms with Crippen LogP contribution in [-0.2, 0) is 11.2 Å². The predicted molar refractivity (Wildman–Crippen MR) is 95.1 cm³/mol. The summed E-state index contributed by atoms with van der Waals surface area (Å²) in [6.45, 7) is 5.77. The highest BCUT2D eigenvalue weighted by atomic mass is 16.5. The summed E-state index contributed by atoms with van der Waals surface area (Å²) in [6.07, 6.45) is 4.23. The van der Waals surface area contributed by atoms with Crippen LogP contribution < -0.4 is 10.2 Å². The number of carbonyl (C=O) groups is 1. The van der Waals surface area contributed by atoms with Crippen LogP contribution in [0.1, 0.15) is 38.5 Å². The molecule has 2 heterocycles. The minimum Gasteiger partial charge on any atom is -0.353 e. The van der Waals surface area contributed by atoms with Gasteiger partial charge in [-0.1, -0.05) is 42.4 Å². The maximum absolute atomic E-state index is 12.2. The fourth-order valence-corrected chi connectivity index (χ4v) is 3.36. The molecule has 1 aliphatic heterocycles. The van der Waals surface area contributed by atoms with Gasteiger partial charge in [0, 0.05) is 37.3 Å². The average Bonchev–Trinajstić information content (AvgIpc) is 3.12. The van der Waals surface area contributed by atoms with E-state index in [1.165, 1.54) is 13.0 Å². The van der Waals surface area contributed by atoms with Gasteiger partial charge in [0.15, 0.2) is 0 Å². The Kier molecular flexibility index (Phi) is 6.17. The number of likely N-dealkylation sites (tertiary alicyclic amines) is 1. The molecule has 134 valence electrons. The Morgan fingerprint density at radius 1 is 1.28 bits per heavy atom. The number of hydrogen-bond acceptors (Lipinski definition) is 4. The van der Waals surface area contributed by atoms with Gasteiger partial charge in [-0.2, -0.15) is 4.98 Å². The van der Waals surface area contributed by atoms with Crippen molar-refractivity contribution in [1.82, 2.24) is 15.5 Å². The predicted octanol–water partition coefficient (Wildman–Crippen LogP) is 1.24. The first-order valence-electron chi connectivity index (χ1n) is 9.25. The van der Waals surface area contributed by atoms with Crippen LogP contribution in [0.2, 0.25) is 0 Å². The van der Waals surface area contributed by atoms with E-state index in [4.69, 9.17) is 4.52 Å². The van der Waals surface area contributed by atoms with Crippen LogP contribution in [0.4, 0.5) is 0 Å². The fraction of sp³-hybridized carbons (Fsp3) is 0.526. The molecule has 1 fully saturated rings. The zero-order valence-corrected chi connectivity index (χ0v) is 14.8. The molecular formula is C19H27N4O2+. The molecule has 6 heteroatoms. The lowest BCUT2D eigenvalue weighted by Gasteiger charge is -2.29. The number of rotatable bonds is 7. The average molecular weight is 343 g/mol. The van der Waals surface area contributed by atoms with Crippen molar-refractivity contribution in [2.45, 2.75) is 45.1 Å². The lowest BCUT2D eigenvalue weighted by atomic mass is 10.0. The molecule has 25 heavy (non-hydrogen) atoms. The number of nitrogens with one attached hydrogen (secondary N) is 2. The van der Waals surface area contributed by atoms with Gasteiger partial charge >= 0.3 is 0 Å². The molecule has 1 amide bonds. The highest BCUT2D eigenvalue weighted by molar-refractivity contribution is 5.76. The molecule has 1 aliphatic rings. The molecule has 2 aromatic rings. The molecule has 1 saturated heterocycles. The topological polar surface area (TPSA) is 72.5 Å². The number of aromatic nitrogens is 2. The monoisotopic (exact) mass is 343 g/mol. The molecule has 3 rings (SSSR count). The van der Waals surface area contributed by atoms with Crippen molar-refractivity contribution in [1.29, 1.82) is 0 Å². The van der Waals surface area contributed by atoms with Crippen LogP contribution in [0.3, 0.4) is 0 Å². The summed E-state index contributed by atoms with van der Waals surface area (Å²) < 4.78 is 5.26. The molecule has 6 nitrogen and oxygen atoms in total. The second-order valence-corrected chi connectivity index (χ2v) is 6.72. The molecule has 2 N–H and O–H groups in total. The molecule has 0 atom stereocenters. The van der Waals surface area contributed by atoms with Crippen molar-refractivity contribution >= 4 is 5.91 Å². The Labute approximate surface area is 148 Å². The second-order valence-electron chi connectivity index (χ2n) is 6.72. The van der Waals surface area contributed by atoms with E-state index in [2.05, 4.69) is 22.4 Å². The maximum atomic E-state index is 12.2. The zero-order valence-electron chi connectivity index (χ0n) is 14.8. The smallest absolute Gasteiger partial charge is 0.227 e. The highest BCUT2D eigenvalue weighted by Crippen LogP contribution is 2.15. The van der Waals surface area contributed by atoms with Crippen molar-refractivity contribution in [3.05, 3.63) is 36.2 Å². The third kappa shape index (κ3) is 5.13. The second kappa shape index (κ2) is 8.76. The largest absolute Gasteiger partial charge is 0.353 e. The van der Waals surface area contributed by atoms with E-state index >= 15 is 0 Å². The molecule has 0 saturated carbocycles. The minimum absolute atomic E-state index is 0.0726. The summed E-state index contributed by atoms with van der Waals surface area (Å²) in [4.78, 5) is 18.2. The Bertz CT molecular complexity index is 663. The Hall–Kier alpha value is -2.21. The Morgan fingerprint density at radius 3 is 2.76 bits per heavy atom. The summed E-state index contributed by atoms with van der Waals surface area (Å²) in [5.74, 6) is 1.15. The van der Waals surface area contributed by atoms with Gasteiger partial charge in [-0.25, -0.2) is 0 Å². The summed E-state index contributed by atoms with van der Waals surface area (Å²) >= 11 is 0. The van der Waals surface area contributed by atoms with E-state index in [-0.39, 0.29) is 5.91 Å². The van der Waals surface area contributed by atoms with Gasteiger partial charge in [-0.05, 0) is 6.42 Å². The van der Waals surface area contributed by atoms with E-state index in [1.54, 1.807) is 4.90 Å². The van der Waals surface area contributed by atoms with Crippen molar-refractivity contribution in [2.75, 3.05) is 19.6 Å². The molecule has 0 aliphatic carbocycles. The van der Waals surface area contributed by atoms with E-state index in [9.17, 15) is 4.79 Å². The number of quaternary nitrogens is 1. The highest BCUT2D eigenvalue weighted by Gasteiger charge is 2.22. The summed E-state index contributed by atoms with van der Waals surface area (Å²) in [5.41, 5.74) is 0.920. The van der Waals surface area contributed by atoms with Crippen LogP contribution in [0, 0.1) is 0 Å². The summed E-state index contributed by atoms with van der Waals surface area (Å²) in [6, 6.07) is 10.0. The molecule has 0 bridgehead atoms. The molecule has 1 aromatic carbocycles. The van der Waals surface area contributed by atoms with E-state index in [0.717, 1.165) is 31.5 Å². The van der Waals surface area contributed by atoms with Crippen LogP contribution >= 0.6 is 0 Å². The first-order chi connectivity index (χ1) is 12.2. The lowest BCUT2D eigenvalue weighted by Crippen LogP contribution is -3.13. The van der Waals surface area contributed by atoms with Gasteiger partial charge in [-0.15, -0.1) is 0 Å². The van der Waals surface area contributed by atoms with Gasteiger partial charge in [-0.3, -0.25) is 4.79 Å². The van der Waals surface area contributed by atoms with Crippen molar-refractivity contribution in [3.63, 3.8) is 0 Å². The molecule has 0 radical (unpaired) electrons. The molecule has 1 aromatic heterocycles. The van der Waals surface area contributed by atoms with Gasteiger partial charge in [0.2, 0.25) is 17.6 Å². The number of piperidine rings is 1. The Morgan fingerprint density at radius 2 is 2.04 bits per heavy atom. The molecule has 0 unspecified atom stereocenters. The van der Waals surface area contributed by atoms with E-state index < -0.39 is 0 Å². The van der Waals surface area contributed by atoms with Crippen LogP contribution in [0.5, 0.6) is 0 Å². The summed E-state index contributed by atoms with van der Waals surface area (Å²) in [5, 5.41) is 7.13. The first-order valence-corrected chi connectivity index (χ1v) is 9.25. The van der Waals surface area contributed by atoms with Crippen molar-refractivity contribution < 1.29 is 14.2 Å². The standard InChI is InChI=1S/C19H26N4O2/c1-2-12-23-13-10-16(11-14-23)20-17(24)8-9-18-21-19(22-25-18)15-6-4-3-5-7-15/h3-7,16H,2,8-14H2,1H3,(H,20,24)/p+1. The van der Waals surface area contributed by atoms with Gasteiger partial charge < -0.3 is 14.7 Å². The lowest BCUT2D eigenvalue weighted by molar-refractivity contribution is -0.905. The van der Waals surface area contributed by atoms with Crippen LogP contribution in [0.15, 0.2) is 34.9 Å². The number of benzene rings is 1. The third-order valence-electron chi connectivity index (χ3n) is 4.73. The molecular weight excluding hydrogens is 316 g/mol.